The van der Waals surface area contributed by atoms with Gasteiger partial charge in [0.2, 0.25) is 0 Å². The highest BCUT2D eigenvalue weighted by atomic mass is 32.2. The van der Waals surface area contributed by atoms with Gasteiger partial charge >= 0.3 is 0 Å². The van der Waals surface area contributed by atoms with Crippen molar-refractivity contribution in [3.63, 3.8) is 0 Å². The molecule has 0 aliphatic carbocycles. The second kappa shape index (κ2) is 12.1. The van der Waals surface area contributed by atoms with Crippen LogP contribution in [0.2, 0.25) is 0 Å². The molecule has 0 saturated carbocycles. The minimum Gasteiger partial charge on any atom is -0.317 e. The lowest BCUT2D eigenvalue weighted by atomic mass is 9.90. The van der Waals surface area contributed by atoms with Crippen LogP contribution in [0, 0.1) is 18.7 Å². The van der Waals surface area contributed by atoms with Crippen molar-refractivity contribution in [3.8, 4) is 22.3 Å². The van der Waals surface area contributed by atoms with Crippen LogP contribution in [0.4, 0.5) is 4.39 Å². The molecule has 0 amide bonds. The van der Waals surface area contributed by atoms with E-state index in [1.807, 2.05) is 25.3 Å². The van der Waals surface area contributed by atoms with Gasteiger partial charge in [-0.2, -0.15) is 5.10 Å². The maximum absolute atomic E-state index is 13.9. The molecular formula is C36H34FN5O2S. The van der Waals surface area contributed by atoms with Crippen molar-refractivity contribution >= 4 is 21.1 Å². The summed E-state index contributed by atoms with van der Waals surface area (Å²) >= 11 is 0. The fourth-order valence-electron chi connectivity index (χ4n) is 6.18. The van der Waals surface area contributed by atoms with Crippen LogP contribution < -0.4 is 5.32 Å². The fourth-order valence-corrected chi connectivity index (χ4v) is 7.51. The van der Waals surface area contributed by atoms with Crippen molar-refractivity contribution in [2.24, 2.45) is 5.92 Å². The molecule has 3 aromatic heterocycles. The van der Waals surface area contributed by atoms with E-state index >= 15 is 0 Å². The zero-order valence-corrected chi connectivity index (χ0v) is 25.8. The van der Waals surface area contributed by atoms with E-state index in [1.54, 1.807) is 53.6 Å². The smallest absolute Gasteiger partial charge is 0.269 e. The van der Waals surface area contributed by atoms with Crippen molar-refractivity contribution in [1.82, 2.24) is 24.1 Å². The third-order valence-corrected chi connectivity index (χ3v) is 10.3. The molecule has 45 heavy (non-hydrogen) atoms. The van der Waals surface area contributed by atoms with Crippen LogP contribution in [-0.2, 0) is 23.0 Å². The van der Waals surface area contributed by atoms with Gasteiger partial charge in [-0.15, -0.1) is 0 Å². The number of aryl methyl sites for hydroxylation is 1. The van der Waals surface area contributed by atoms with Crippen LogP contribution in [0.25, 0.3) is 33.3 Å². The van der Waals surface area contributed by atoms with E-state index in [9.17, 15) is 12.8 Å². The molecule has 1 saturated heterocycles. The molecule has 0 bridgehead atoms. The van der Waals surface area contributed by atoms with Crippen LogP contribution in [0.5, 0.6) is 0 Å². The topological polar surface area (TPSA) is 81.8 Å². The minimum atomic E-state index is -3.94. The summed E-state index contributed by atoms with van der Waals surface area (Å²) in [6, 6.07) is 23.8. The van der Waals surface area contributed by atoms with E-state index < -0.39 is 10.0 Å². The van der Waals surface area contributed by atoms with Crippen molar-refractivity contribution in [1.29, 1.82) is 0 Å². The second-order valence-corrected chi connectivity index (χ2v) is 13.7. The summed E-state index contributed by atoms with van der Waals surface area (Å²) in [6.07, 6.45) is 10.3. The Hall–Kier alpha value is -4.60. The first kappa shape index (κ1) is 29.1. The summed E-state index contributed by atoms with van der Waals surface area (Å²) in [4.78, 5) is 4.94. The number of hydrogen-bond acceptors (Lipinski definition) is 5. The van der Waals surface area contributed by atoms with E-state index in [0.29, 0.717) is 29.1 Å². The molecule has 0 radical (unpaired) electrons. The van der Waals surface area contributed by atoms with Crippen LogP contribution >= 0.6 is 0 Å². The van der Waals surface area contributed by atoms with Crippen LogP contribution in [0.15, 0.2) is 109 Å². The lowest BCUT2D eigenvalue weighted by Gasteiger charge is -2.22. The molecule has 7 nitrogen and oxygen atoms in total. The Morgan fingerprint density at radius 2 is 1.64 bits per heavy atom. The Kier molecular flexibility index (Phi) is 7.81. The molecule has 9 heteroatoms. The number of piperidine rings is 1. The number of benzene rings is 3. The molecule has 0 atom stereocenters. The van der Waals surface area contributed by atoms with E-state index in [0.717, 1.165) is 47.3 Å². The lowest BCUT2D eigenvalue weighted by Crippen LogP contribution is -2.28. The van der Waals surface area contributed by atoms with Gasteiger partial charge in [-0.3, -0.25) is 4.68 Å². The summed E-state index contributed by atoms with van der Waals surface area (Å²) < 4.78 is 44.7. The molecular weight excluding hydrogens is 585 g/mol. The number of hydrogen-bond donors (Lipinski definition) is 1. The Morgan fingerprint density at radius 3 is 2.44 bits per heavy atom. The average molecular weight is 620 g/mol. The predicted molar refractivity (Wildman–Crippen MR) is 175 cm³/mol. The molecule has 0 unspecified atom stereocenters. The number of aromatic nitrogens is 4. The largest absolute Gasteiger partial charge is 0.317 e. The van der Waals surface area contributed by atoms with Gasteiger partial charge in [0.25, 0.3) is 10.0 Å². The number of nitrogens with one attached hydrogen (secondary N) is 1. The first-order valence-corrected chi connectivity index (χ1v) is 16.7. The van der Waals surface area contributed by atoms with E-state index in [1.165, 1.54) is 34.5 Å². The first-order valence-electron chi connectivity index (χ1n) is 15.2. The summed E-state index contributed by atoms with van der Waals surface area (Å²) in [5.74, 6) is 0.362. The summed E-state index contributed by atoms with van der Waals surface area (Å²) in [5, 5.41) is 8.67. The number of pyridine rings is 1. The molecule has 6 aromatic rings. The standard InChI is InChI=1S/C36H34FN5O2S/c1-25-8-10-33(11-9-25)45(43,44)42-24-35(31-21-40-41(23-31)22-28-5-3-7-32(37)18-28)34-19-30(20-39-36(34)42)29-6-2-4-27(17-29)16-26-12-14-38-15-13-26/h2-11,17-21,23-24,26,38H,12-16,22H2,1H3. The van der Waals surface area contributed by atoms with E-state index in [-0.39, 0.29) is 10.7 Å². The van der Waals surface area contributed by atoms with Gasteiger partial charge in [-0.05, 0) is 92.2 Å². The van der Waals surface area contributed by atoms with Crippen LogP contribution in [-0.4, -0.2) is 40.2 Å². The third-order valence-electron chi connectivity index (χ3n) is 8.61. The van der Waals surface area contributed by atoms with Crippen LogP contribution in [0.1, 0.15) is 29.5 Å². The first-order chi connectivity index (χ1) is 21.8. The maximum atomic E-state index is 13.9. The zero-order valence-electron chi connectivity index (χ0n) is 25.0. The Balaban J connectivity index is 1.31. The van der Waals surface area contributed by atoms with Crippen molar-refractivity contribution in [2.75, 3.05) is 13.1 Å². The second-order valence-electron chi connectivity index (χ2n) is 11.9. The van der Waals surface area contributed by atoms with Gasteiger partial charge in [-0.1, -0.05) is 54.1 Å². The molecule has 1 N–H and O–H groups in total. The van der Waals surface area contributed by atoms with Crippen molar-refractivity contribution in [2.45, 2.75) is 37.6 Å². The predicted octanol–water partition coefficient (Wildman–Crippen LogP) is 6.84. The van der Waals surface area contributed by atoms with Gasteiger partial charge in [0, 0.05) is 40.7 Å². The van der Waals surface area contributed by atoms with Gasteiger partial charge in [-0.25, -0.2) is 21.8 Å². The normalized spacial score (nSPS) is 14.3. The minimum absolute atomic E-state index is 0.190. The maximum Gasteiger partial charge on any atom is 0.269 e. The summed E-state index contributed by atoms with van der Waals surface area (Å²) in [5.41, 5.74) is 6.78. The van der Waals surface area contributed by atoms with Gasteiger partial charge in [0.05, 0.1) is 17.6 Å². The molecule has 1 fully saturated rings. The molecule has 228 valence electrons. The highest BCUT2D eigenvalue weighted by Crippen LogP contribution is 2.35. The Bertz CT molecular complexity index is 2090. The molecule has 7 rings (SSSR count). The average Bonchev–Trinajstić information content (AvgIpc) is 3.66. The molecule has 1 aliphatic rings. The lowest BCUT2D eigenvalue weighted by molar-refractivity contribution is 0.373. The fraction of sp³-hybridized carbons (Fsp3) is 0.222. The quantitative estimate of drug-likeness (QED) is 0.202. The SMILES string of the molecule is Cc1ccc(S(=O)(=O)n2cc(-c3cnn(Cc4cccc(F)c4)c3)c3cc(-c4cccc(CC5CCNCC5)c4)cnc32)cc1. The van der Waals surface area contributed by atoms with E-state index in [4.69, 9.17) is 4.98 Å². The van der Waals surface area contributed by atoms with Gasteiger partial charge in [0.15, 0.2) is 5.65 Å². The molecule has 1 aliphatic heterocycles. The zero-order chi connectivity index (χ0) is 31.0. The Labute approximate surface area is 262 Å². The highest BCUT2D eigenvalue weighted by Gasteiger charge is 2.24. The Morgan fingerprint density at radius 1 is 0.867 bits per heavy atom. The van der Waals surface area contributed by atoms with E-state index in [2.05, 4.69) is 34.7 Å². The van der Waals surface area contributed by atoms with Crippen molar-refractivity contribution < 1.29 is 12.8 Å². The summed E-state index contributed by atoms with van der Waals surface area (Å²) in [6.45, 7) is 4.43. The number of halogens is 1. The van der Waals surface area contributed by atoms with Crippen molar-refractivity contribution in [3.05, 3.63) is 126 Å². The molecule has 3 aromatic carbocycles. The summed E-state index contributed by atoms with van der Waals surface area (Å²) in [7, 11) is -3.94. The van der Waals surface area contributed by atoms with Gasteiger partial charge in [0.1, 0.15) is 5.82 Å². The van der Waals surface area contributed by atoms with Crippen LogP contribution in [0.3, 0.4) is 0 Å². The number of rotatable bonds is 8. The number of nitrogens with zero attached hydrogens (tertiary/aromatic N) is 4. The number of fused-ring (bicyclic) bond motifs is 1. The molecule has 4 heterocycles. The van der Waals surface area contributed by atoms with Gasteiger partial charge < -0.3 is 5.32 Å². The monoisotopic (exact) mass is 619 g/mol. The molecule has 0 spiro atoms. The third kappa shape index (κ3) is 6.06. The highest BCUT2D eigenvalue weighted by molar-refractivity contribution is 7.90.